The molecule has 5 aromatic rings. The summed E-state index contributed by atoms with van der Waals surface area (Å²) in [5.41, 5.74) is 5.94. The SMILES string of the molecule is Cc1cccc(NC(=O)c2cccc(-n3ncc4cc(Nc5ccccc5Cl)ccc43)c2)c1.O=C(O)C(F)(F)F. The number of benzene rings is 4. The van der Waals surface area contributed by atoms with Crippen LogP contribution in [0.5, 0.6) is 0 Å². The number of carbonyl (C=O) groups is 2. The molecule has 0 aliphatic carbocycles. The van der Waals surface area contributed by atoms with E-state index in [0.717, 1.165) is 39.2 Å². The van der Waals surface area contributed by atoms with Crippen molar-refractivity contribution in [1.29, 1.82) is 0 Å². The number of halogens is 4. The van der Waals surface area contributed by atoms with Gasteiger partial charge in [-0.2, -0.15) is 18.3 Å². The van der Waals surface area contributed by atoms with Crippen LogP contribution in [-0.4, -0.2) is 32.9 Å². The fourth-order valence-corrected chi connectivity index (χ4v) is 3.92. The topological polar surface area (TPSA) is 96.3 Å². The molecule has 1 heterocycles. The number of nitrogens with zero attached hydrogens (tertiary/aromatic N) is 2. The number of anilines is 3. The number of hydrogen-bond donors (Lipinski definition) is 3. The Labute approximate surface area is 231 Å². The number of aliphatic carboxylic acids is 1. The number of carboxylic acids is 1. The molecule has 0 aliphatic rings. The molecular weight excluding hydrogens is 545 g/mol. The van der Waals surface area contributed by atoms with Crippen LogP contribution in [0.2, 0.25) is 5.02 Å². The Morgan fingerprint density at radius 2 is 1.62 bits per heavy atom. The van der Waals surface area contributed by atoms with Gasteiger partial charge in [-0.3, -0.25) is 4.79 Å². The van der Waals surface area contributed by atoms with Crippen LogP contribution in [0.15, 0.2) is 97.2 Å². The molecule has 4 aromatic carbocycles. The zero-order valence-corrected chi connectivity index (χ0v) is 21.7. The van der Waals surface area contributed by atoms with Crippen LogP contribution in [0.3, 0.4) is 0 Å². The first-order chi connectivity index (χ1) is 19.0. The molecule has 3 N–H and O–H groups in total. The Kier molecular flexibility index (Phi) is 8.40. The monoisotopic (exact) mass is 566 g/mol. The number of aryl methyl sites for hydroxylation is 1. The number of carboxylic acid groups (broad SMARTS) is 1. The van der Waals surface area contributed by atoms with Crippen LogP contribution in [0.25, 0.3) is 16.6 Å². The second-order valence-corrected chi connectivity index (χ2v) is 9.02. The first-order valence-electron chi connectivity index (χ1n) is 11.8. The molecule has 0 fully saturated rings. The standard InChI is InChI=1S/C27H21ClN4O.C2HF3O2/c1-18-6-4-8-21(14-18)31-27(33)19-7-5-9-23(16-19)32-26-13-12-22(15-20(26)17-29-32)30-25-11-3-2-10-24(25)28;3-2(4,5)1(6)7/h2-17,30H,1H3,(H,31,33);(H,6,7). The molecule has 0 bridgehead atoms. The number of para-hydroxylation sites is 1. The number of carbonyl (C=O) groups excluding carboxylic acids is 1. The van der Waals surface area contributed by atoms with E-state index in [0.29, 0.717) is 10.6 Å². The van der Waals surface area contributed by atoms with Crippen molar-refractivity contribution in [3.05, 3.63) is 113 Å². The zero-order valence-electron chi connectivity index (χ0n) is 20.9. The Morgan fingerprint density at radius 1 is 0.900 bits per heavy atom. The molecule has 11 heteroatoms. The van der Waals surface area contributed by atoms with E-state index in [1.54, 1.807) is 6.07 Å². The maximum absolute atomic E-state index is 12.8. The zero-order chi connectivity index (χ0) is 28.9. The van der Waals surface area contributed by atoms with Gasteiger partial charge in [0.05, 0.1) is 28.1 Å². The highest BCUT2D eigenvalue weighted by atomic mass is 35.5. The van der Waals surface area contributed by atoms with Gasteiger partial charge in [0.2, 0.25) is 0 Å². The lowest BCUT2D eigenvalue weighted by Crippen LogP contribution is -2.21. The summed E-state index contributed by atoms with van der Waals surface area (Å²) in [6.07, 6.45) is -3.27. The molecule has 40 heavy (non-hydrogen) atoms. The molecule has 0 aliphatic heterocycles. The molecule has 0 saturated heterocycles. The van der Waals surface area contributed by atoms with Gasteiger partial charge in [0.15, 0.2) is 0 Å². The normalized spacial score (nSPS) is 10.9. The maximum Gasteiger partial charge on any atom is 0.490 e. The minimum absolute atomic E-state index is 0.162. The van der Waals surface area contributed by atoms with Crippen molar-refractivity contribution in [2.75, 3.05) is 10.6 Å². The van der Waals surface area contributed by atoms with Crippen LogP contribution in [0, 0.1) is 6.92 Å². The third kappa shape index (κ3) is 6.97. The van der Waals surface area contributed by atoms with E-state index < -0.39 is 12.1 Å². The van der Waals surface area contributed by atoms with Gasteiger partial charge < -0.3 is 15.7 Å². The van der Waals surface area contributed by atoms with Crippen LogP contribution >= 0.6 is 11.6 Å². The summed E-state index contributed by atoms with van der Waals surface area (Å²) in [4.78, 5) is 21.7. The van der Waals surface area contributed by atoms with E-state index in [9.17, 15) is 18.0 Å². The highest BCUT2D eigenvalue weighted by molar-refractivity contribution is 6.33. The van der Waals surface area contributed by atoms with Crippen molar-refractivity contribution in [3.8, 4) is 5.69 Å². The van der Waals surface area contributed by atoms with E-state index in [4.69, 9.17) is 21.5 Å². The summed E-state index contributed by atoms with van der Waals surface area (Å²) in [5, 5.41) is 19.6. The maximum atomic E-state index is 12.8. The number of hydrogen-bond acceptors (Lipinski definition) is 4. The molecule has 204 valence electrons. The smallest absolute Gasteiger partial charge is 0.475 e. The van der Waals surface area contributed by atoms with Crippen LogP contribution < -0.4 is 10.6 Å². The number of nitrogens with one attached hydrogen (secondary N) is 2. The predicted octanol–water partition coefficient (Wildman–Crippen LogP) is 7.62. The number of aromatic nitrogens is 2. The number of rotatable bonds is 5. The second kappa shape index (κ2) is 11.9. The summed E-state index contributed by atoms with van der Waals surface area (Å²) in [5.74, 6) is -2.92. The van der Waals surface area contributed by atoms with Crippen molar-refractivity contribution in [2.45, 2.75) is 13.1 Å². The molecule has 5 rings (SSSR count). The number of alkyl halides is 3. The van der Waals surface area contributed by atoms with E-state index in [1.165, 1.54) is 0 Å². The van der Waals surface area contributed by atoms with Crippen LogP contribution in [-0.2, 0) is 4.79 Å². The van der Waals surface area contributed by atoms with Gasteiger partial charge in [-0.1, -0.05) is 41.9 Å². The third-order valence-electron chi connectivity index (χ3n) is 5.59. The second-order valence-electron chi connectivity index (χ2n) is 8.61. The van der Waals surface area contributed by atoms with Gasteiger partial charge in [-0.15, -0.1) is 0 Å². The Morgan fingerprint density at radius 3 is 2.33 bits per heavy atom. The first kappa shape index (κ1) is 28.2. The molecule has 0 atom stereocenters. The van der Waals surface area contributed by atoms with Gasteiger partial charge in [-0.25, -0.2) is 9.48 Å². The Hall–Kier alpha value is -4.83. The predicted molar refractivity (Wildman–Crippen MR) is 149 cm³/mol. The van der Waals surface area contributed by atoms with E-state index >= 15 is 0 Å². The highest BCUT2D eigenvalue weighted by Crippen LogP contribution is 2.28. The fourth-order valence-electron chi connectivity index (χ4n) is 3.74. The average Bonchev–Trinajstić information content (AvgIpc) is 3.33. The molecule has 0 spiro atoms. The van der Waals surface area contributed by atoms with Crippen molar-refractivity contribution in [1.82, 2.24) is 9.78 Å². The van der Waals surface area contributed by atoms with Crippen LogP contribution in [0.1, 0.15) is 15.9 Å². The van der Waals surface area contributed by atoms with Gasteiger partial charge >= 0.3 is 12.1 Å². The molecule has 0 unspecified atom stereocenters. The first-order valence-corrected chi connectivity index (χ1v) is 12.2. The fraction of sp³-hybridized carbons (Fsp3) is 0.0690. The van der Waals surface area contributed by atoms with Gasteiger partial charge in [-0.05, 0) is 73.2 Å². The summed E-state index contributed by atoms with van der Waals surface area (Å²) in [6.45, 7) is 1.99. The largest absolute Gasteiger partial charge is 0.490 e. The molecule has 1 amide bonds. The van der Waals surface area contributed by atoms with Gasteiger partial charge in [0.25, 0.3) is 5.91 Å². The molecule has 0 saturated carbocycles. The number of fused-ring (bicyclic) bond motifs is 1. The molecule has 0 radical (unpaired) electrons. The molecule has 7 nitrogen and oxygen atoms in total. The highest BCUT2D eigenvalue weighted by Gasteiger charge is 2.38. The van der Waals surface area contributed by atoms with Gasteiger partial charge in [0.1, 0.15) is 0 Å². The quantitative estimate of drug-likeness (QED) is 0.203. The lowest BCUT2D eigenvalue weighted by Gasteiger charge is -2.10. The lowest BCUT2D eigenvalue weighted by atomic mass is 10.1. The average molecular weight is 567 g/mol. The van der Waals surface area contributed by atoms with E-state index in [1.807, 2.05) is 103 Å². The molecular formula is C29H22ClF3N4O3. The van der Waals surface area contributed by atoms with E-state index in [-0.39, 0.29) is 5.91 Å². The van der Waals surface area contributed by atoms with Crippen molar-refractivity contribution in [2.24, 2.45) is 0 Å². The van der Waals surface area contributed by atoms with Gasteiger partial charge in [0, 0.05) is 22.3 Å². The number of amides is 1. The summed E-state index contributed by atoms with van der Waals surface area (Å²) in [7, 11) is 0. The lowest BCUT2D eigenvalue weighted by molar-refractivity contribution is -0.192. The van der Waals surface area contributed by atoms with Crippen molar-refractivity contribution >= 4 is 51.4 Å². The summed E-state index contributed by atoms with van der Waals surface area (Å²) >= 11 is 6.26. The minimum Gasteiger partial charge on any atom is -0.475 e. The summed E-state index contributed by atoms with van der Waals surface area (Å²) < 4.78 is 33.6. The molecule has 1 aromatic heterocycles. The summed E-state index contributed by atoms with van der Waals surface area (Å²) in [6, 6.07) is 28.8. The van der Waals surface area contributed by atoms with E-state index in [2.05, 4.69) is 15.7 Å². The van der Waals surface area contributed by atoms with Crippen molar-refractivity contribution < 1.29 is 27.9 Å². The minimum atomic E-state index is -5.08. The Bertz CT molecular complexity index is 1690. The van der Waals surface area contributed by atoms with Crippen molar-refractivity contribution in [3.63, 3.8) is 0 Å². The Balaban J connectivity index is 0.000000470. The van der Waals surface area contributed by atoms with Crippen LogP contribution in [0.4, 0.5) is 30.2 Å². The third-order valence-corrected chi connectivity index (χ3v) is 5.92.